The fraction of sp³-hybridized carbons (Fsp3) is 0.625. The molecule has 102 valence electrons. The van der Waals surface area contributed by atoms with Gasteiger partial charge in [0.05, 0.1) is 0 Å². The molecule has 2 nitrogen and oxygen atoms in total. The molecule has 1 aromatic rings. The Kier molecular flexibility index (Phi) is 4.80. The monoisotopic (exact) mass is 249 g/mol. The van der Waals surface area contributed by atoms with E-state index in [-0.39, 0.29) is 11.0 Å². The Bertz CT molecular complexity index is 377. The van der Waals surface area contributed by atoms with Gasteiger partial charge in [0.2, 0.25) is 0 Å². The Hall–Kier alpha value is -1.02. The Morgan fingerprint density at radius 2 is 1.78 bits per heavy atom. The van der Waals surface area contributed by atoms with E-state index in [0.29, 0.717) is 0 Å². The van der Waals surface area contributed by atoms with E-state index in [0.717, 1.165) is 18.8 Å². The van der Waals surface area contributed by atoms with Gasteiger partial charge >= 0.3 is 0 Å². The zero-order valence-electron chi connectivity index (χ0n) is 12.6. The van der Waals surface area contributed by atoms with Crippen LogP contribution in [0.25, 0.3) is 0 Å². The van der Waals surface area contributed by atoms with Crippen molar-refractivity contribution >= 4 is 0 Å². The third-order valence-electron chi connectivity index (χ3n) is 2.89. The summed E-state index contributed by atoms with van der Waals surface area (Å²) >= 11 is 0. The SMILES string of the molecule is CCNCC(C)(C)Oc1cccc(C(C)(C)C)c1. The Morgan fingerprint density at radius 3 is 2.33 bits per heavy atom. The van der Waals surface area contributed by atoms with Crippen LogP contribution in [0.3, 0.4) is 0 Å². The summed E-state index contributed by atoms with van der Waals surface area (Å²) in [7, 11) is 0. The lowest BCUT2D eigenvalue weighted by atomic mass is 9.87. The van der Waals surface area contributed by atoms with Crippen LogP contribution in [0, 0.1) is 0 Å². The van der Waals surface area contributed by atoms with Crippen molar-refractivity contribution in [2.45, 2.75) is 52.6 Å². The highest BCUT2D eigenvalue weighted by Gasteiger charge is 2.20. The lowest BCUT2D eigenvalue weighted by Gasteiger charge is -2.28. The maximum Gasteiger partial charge on any atom is 0.120 e. The summed E-state index contributed by atoms with van der Waals surface area (Å²) in [6, 6.07) is 8.40. The van der Waals surface area contributed by atoms with Crippen LogP contribution in [-0.4, -0.2) is 18.7 Å². The normalized spacial score (nSPS) is 12.6. The third-order valence-corrected chi connectivity index (χ3v) is 2.89. The fourth-order valence-electron chi connectivity index (χ4n) is 1.81. The second-order valence-corrected chi connectivity index (χ2v) is 6.42. The van der Waals surface area contributed by atoms with Gasteiger partial charge in [0.15, 0.2) is 0 Å². The zero-order chi connectivity index (χ0) is 13.8. The topological polar surface area (TPSA) is 21.3 Å². The van der Waals surface area contributed by atoms with E-state index in [1.165, 1.54) is 5.56 Å². The average molecular weight is 249 g/mol. The van der Waals surface area contributed by atoms with Crippen molar-refractivity contribution in [1.29, 1.82) is 0 Å². The van der Waals surface area contributed by atoms with Gasteiger partial charge in [-0.3, -0.25) is 0 Å². The molecule has 0 unspecified atom stereocenters. The first kappa shape index (κ1) is 15.0. The van der Waals surface area contributed by atoms with Gasteiger partial charge in [-0.05, 0) is 43.5 Å². The summed E-state index contributed by atoms with van der Waals surface area (Å²) in [5.41, 5.74) is 1.27. The first-order valence-electron chi connectivity index (χ1n) is 6.75. The van der Waals surface area contributed by atoms with E-state index < -0.39 is 0 Å². The van der Waals surface area contributed by atoms with E-state index in [2.05, 4.69) is 65.1 Å². The summed E-state index contributed by atoms with van der Waals surface area (Å²) < 4.78 is 6.08. The van der Waals surface area contributed by atoms with Crippen LogP contribution < -0.4 is 10.1 Å². The highest BCUT2D eigenvalue weighted by atomic mass is 16.5. The average Bonchev–Trinajstić information content (AvgIpc) is 2.25. The predicted octanol–water partition coefficient (Wildman–Crippen LogP) is 3.75. The summed E-state index contributed by atoms with van der Waals surface area (Å²) in [6.07, 6.45) is 0. The molecule has 0 heterocycles. The molecule has 18 heavy (non-hydrogen) atoms. The molecule has 0 aliphatic heterocycles. The van der Waals surface area contributed by atoms with Gasteiger partial charge in [-0.1, -0.05) is 39.8 Å². The minimum atomic E-state index is -0.188. The summed E-state index contributed by atoms with van der Waals surface area (Å²) in [4.78, 5) is 0. The molecular weight excluding hydrogens is 222 g/mol. The second kappa shape index (κ2) is 5.75. The van der Waals surface area contributed by atoms with Gasteiger partial charge in [-0.15, -0.1) is 0 Å². The molecule has 0 saturated heterocycles. The van der Waals surface area contributed by atoms with Crippen molar-refractivity contribution in [1.82, 2.24) is 5.32 Å². The predicted molar refractivity (Wildman–Crippen MR) is 78.4 cm³/mol. The number of hydrogen-bond donors (Lipinski definition) is 1. The van der Waals surface area contributed by atoms with Crippen molar-refractivity contribution in [2.24, 2.45) is 0 Å². The lowest BCUT2D eigenvalue weighted by Crippen LogP contribution is -2.40. The van der Waals surface area contributed by atoms with Crippen molar-refractivity contribution in [2.75, 3.05) is 13.1 Å². The molecule has 0 aliphatic rings. The maximum absolute atomic E-state index is 6.08. The largest absolute Gasteiger partial charge is 0.487 e. The minimum absolute atomic E-state index is 0.158. The highest BCUT2D eigenvalue weighted by molar-refractivity contribution is 5.33. The Morgan fingerprint density at radius 1 is 1.11 bits per heavy atom. The standard InChI is InChI=1S/C16H27NO/c1-7-17-12-16(5,6)18-14-10-8-9-13(11-14)15(2,3)4/h8-11,17H,7,12H2,1-6H3. The van der Waals surface area contributed by atoms with Gasteiger partial charge in [0.25, 0.3) is 0 Å². The maximum atomic E-state index is 6.08. The molecule has 0 atom stereocenters. The number of rotatable bonds is 5. The van der Waals surface area contributed by atoms with Crippen LogP contribution in [0.5, 0.6) is 5.75 Å². The van der Waals surface area contributed by atoms with Crippen LogP contribution in [0.15, 0.2) is 24.3 Å². The van der Waals surface area contributed by atoms with Crippen LogP contribution in [-0.2, 0) is 5.41 Å². The van der Waals surface area contributed by atoms with Gasteiger partial charge in [0.1, 0.15) is 11.4 Å². The number of hydrogen-bond acceptors (Lipinski definition) is 2. The molecular formula is C16H27NO. The van der Waals surface area contributed by atoms with Crippen molar-refractivity contribution in [3.8, 4) is 5.75 Å². The first-order chi connectivity index (χ1) is 8.24. The molecule has 2 heteroatoms. The summed E-state index contributed by atoms with van der Waals surface area (Å²) in [5, 5.41) is 3.33. The minimum Gasteiger partial charge on any atom is -0.487 e. The third kappa shape index (κ3) is 4.69. The number of ether oxygens (including phenoxy) is 1. The second-order valence-electron chi connectivity index (χ2n) is 6.42. The van der Waals surface area contributed by atoms with E-state index >= 15 is 0 Å². The highest BCUT2D eigenvalue weighted by Crippen LogP contribution is 2.27. The number of likely N-dealkylation sites (N-methyl/N-ethyl adjacent to an activating group) is 1. The van der Waals surface area contributed by atoms with Gasteiger partial charge < -0.3 is 10.1 Å². The van der Waals surface area contributed by atoms with Crippen molar-refractivity contribution in [3.63, 3.8) is 0 Å². The molecule has 1 N–H and O–H groups in total. The summed E-state index contributed by atoms with van der Waals surface area (Å²) in [5.74, 6) is 0.949. The van der Waals surface area contributed by atoms with Crippen molar-refractivity contribution in [3.05, 3.63) is 29.8 Å². The number of benzene rings is 1. The van der Waals surface area contributed by atoms with Crippen LogP contribution >= 0.6 is 0 Å². The summed E-state index contributed by atoms with van der Waals surface area (Å²) in [6.45, 7) is 14.8. The molecule has 0 saturated carbocycles. The van der Waals surface area contributed by atoms with Gasteiger partial charge in [-0.25, -0.2) is 0 Å². The van der Waals surface area contributed by atoms with E-state index in [9.17, 15) is 0 Å². The number of nitrogens with one attached hydrogen (secondary N) is 1. The molecule has 0 aromatic heterocycles. The zero-order valence-corrected chi connectivity index (χ0v) is 12.6. The van der Waals surface area contributed by atoms with Crippen LogP contribution in [0.1, 0.15) is 47.1 Å². The molecule has 0 bridgehead atoms. The van der Waals surface area contributed by atoms with Gasteiger partial charge in [0, 0.05) is 6.54 Å². The molecule has 1 rings (SSSR count). The Balaban J connectivity index is 2.79. The molecule has 0 amide bonds. The van der Waals surface area contributed by atoms with E-state index in [1.807, 2.05) is 6.07 Å². The molecule has 1 aromatic carbocycles. The van der Waals surface area contributed by atoms with Gasteiger partial charge in [-0.2, -0.15) is 0 Å². The van der Waals surface area contributed by atoms with E-state index in [4.69, 9.17) is 4.74 Å². The first-order valence-corrected chi connectivity index (χ1v) is 6.75. The van der Waals surface area contributed by atoms with E-state index in [1.54, 1.807) is 0 Å². The quantitative estimate of drug-likeness (QED) is 0.858. The molecule has 0 spiro atoms. The van der Waals surface area contributed by atoms with Crippen LogP contribution in [0.4, 0.5) is 0 Å². The Labute approximate surface area is 112 Å². The molecule has 0 aliphatic carbocycles. The van der Waals surface area contributed by atoms with Crippen molar-refractivity contribution < 1.29 is 4.74 Å². The fourth-order valence-corrected chi connectivity index (χ4v) is 1.81. The molecule has 0 radical (unpaired) electrons. The lowest BCUT2D eigenvalue weighted by molar-refractivity contribution is 0.108. The molecule has 0 fully saturated rings. The smallest absolute Gasteiger partial charge is 0.120 e. The van der Waals surface area contributed by atoms with Crippen LogP contribution in [0.2, 0.25) is 0 Å².